The van der Waals surface area contributed by atoms with Crippen LogP contribution in [0.2, 0.25) is 0 Å². The largest absolute Gasteiger partial charge is 0.444 e. The van der Waals surface area contributed by atoms with Gasteiger partial charge in [0.05, 0.1) is 0 Å². The number of carbonyl (C=O) groups is 2. The number of rotatable bonds is 3. The van der Waals surface area contributed by atoms with E-state index in [-0.39, 0.29) is 5.91 Å². The van der Waals surface area contributed by atoms with Gasteiger partial charge in [-0.1, -0.05) is 12.1 Å². The molecule has 116 valence electrons. The molecule has 0 saturated heterocycles. The number of hydrogen-bond acceptors (Lipinski definition) is 3. The Morgan fingerprint density at radius 1 is 1.19 bits per heavy atom. The lowest BCUT2D eigenvalue weighted by Crippen LogP contribution is -2.44. The summed E-state index contributed by atoms with van der Waals surface area (Å²) in [6.45, 7) is 10.9. The van der Waals surface area contributed by atoms with Crippen molar-refractivity contribution in [2.45, 2.75) is 53.2 Å². The summed E-state index contributed by atoms with van der Waals surface area (Å²) in [5, 5.41) is 5.33. The summed E-state index contributed by atoms with van der Waals surface area (Å²) in [6.07, 6.45) is -0.605. The van der Waals surface area contributed by atoms with Gasteiger partial charge < -0.3 is 15.4 Å². The van der Waals surface area contributed by atoms with Gasteiger partial charge in [-0.05, 0) is 58.7 Å². The molecule has 0 heterocycles. The summed E-state index contributed by atoms with van der Waals surface area (Å²) >= 11 is 0. The first-order valence-electron chi connectivity index (χ1n) is 6.97. The molecule has 0 spiro atoms. The van der Waals surface area contributed by atoms with Crippen LogP contribution in [0.15, 0.2) is 18.2 Å². The van der Waals surface area contributed by atoms with Gasteiger partial charge in [-0.2, -0.15) is 0 Å². The second-order valence-corrected chi connectivity index (χ2v) is 6.10. The van der Waals surface area contributed by atoms with Crippen molar-refractivity contribution in [2.24, 2.45) is 0 Å². The van der Waals surface area contributed by atoms with E-state index in [4.69, 9.17) is 4.74 Å². The fourth-order valence-corrected chi connectivity index (χ4v) is 1.68. The summed E-state index contributed by atoms with van der Waals surface area (Å²) in [7, 11) is 0. The maximum Gasteiger partial charge on any atom is 0.408 e. The lowest BCUT2D eigenvalue weighted by atomic mass is 10.1. The van der Waals surface area contributed by atoms with Gasteiger partial charge >= 0.3 is 6.09 Å². The molecule has 0 unspecified atom stereocenters. The third-order valence-electron chi connectivity index (χ3n) is 2.99. The maximum atomic E-state index is 12.1. The molecule has 5 heteroatoms. The highest BCUT2D eigenvalue weighted by atomic mass is 16.6. The van der Waals surface area contributed by atoms with Crippen LogP contribution in [-0.4, -0.2) is 23.6 Å². The number of amides is 2. The van der Waals surface area contributed by atoms with Crippen molar-refractivity contribution in [1.82, 2.24) is 5.32 Å². The fraction of sp³-hybridized carbons (Fsp3) is 0.500. The van der Waals surface area contributed by atoms with Crippen molar-refractivity contribution >= 4 is 17.7 Å². The molecule has 0 aromatic heterocycles. The SMILES string of the molecule is Cc1cccc(NC(=O)[C@@H](C)NC(=O)OC(C)(C)C)c1C. The molecule has 21 heavy (non-hydrogen) atoms. The minimum absolute atomic E-state index is 0.283. The van der Waals surface area contributed by atoms with Crippen molar-refractivity contribution in [1.29, 1.82) is 0 Å². The first-order valence-corrected chi connectivity index (χ1v) is 6.97. The highest BCUT2D eigenvalue weighted by Gasteiger charge is 2.21. The number of benzene rings is 1. The maximum absolute atomic E-state index is 12.1. The summed E-state index contributed by atoms with van der Waals surface area (Å²) in [5.74, 6) is -0.283. The molecule has 1 aromatic rings. The molecular weight excluding hydrogens is 268 g/mol. The van der Waals surface area contributed by atoms with Gasteiger partial charge in [0.15, 0.2) is 0 Å². The average molecular weight is 292 g/mol. The zero-order valence-electron chi connectivity index (χ0n) is 13.5. The first kappa shape index (κ1) is 17.0. The van der Waals surface area contributed by atoms with Gasteiger partial charge in [0.1, 0.15) is 11.6 Å². The van der Waals surface area contributed by atoms with Crippen LogP contribution in [0.5, 0.6) is 0 Å². The van der Waals surface area contributed by atoms with Crippen molar-refractivity contribution in [3.8, 4) is 0 Å². The molecule has 0 radical (unpaired) electrons. The van der Waals surface area contributed by atoms with Gasteiger partial charge in [-0.15, -0.1) is 0 Å². The van der Waals surface area contributed by atoms with Gasteiger partial charge in [-0.25, -0.2) is 4.79 Å². The number of anilines is 1. The topological polar surface area (TPSA) is 67.4 Å². The minimum atomic E-state index is -0.681. The van der Waals surface area contributed by atoms with E-state index in [9.17, 15) is 9.59 Å². The molecule has 0 saturated carbocycles. The second kappa shape index (κ2) is 6.61. The van der Waals surface area contributed by atoms with E-state index in [0.717, 1.165) is 16.8 Å². The van der Waals surface area contributed by atoms with Crippen molar-refractivity contribution in [3.05, 3.63) is 29.3 Å². The highest BCUT2D eigenvalue weighted by molar-refractivity contribution is 5.96. The van der Waals surface area contributed by atoms with Crippen molar-refractivity contribution in [3.63, 3.8) is 0 Å². The molecule has 1 rings (SSSR count). The van der Waals surface area contributed by atoms with Gasteiger partial charge in [0.25, 0.3) is 0 Å². The van der Waals surface area contributed by atoms with E-state index in [2.05, 4.69) is 10.6 Å². The van der Waals surface area contributed by atoms with Crippen molar-refractivity contribution < 1.29 is 14.3 Å². The molecule has 0 aliphatic carbocycles. The molecule has 1 atom stereocenters. The standard InChI is InChI=1S/C16H24N2O3/c1-10-8-7-9-13(11(10)2)18-14(19)12(3)17-15(20)21-16(4,5)6/h7-9,12H,1-6H3,(H,17,20)(H,18,19)/t12-/m1/s1. The predicted molar refractivity (Wildman–Crippen MR) is 83.4 cm³/mol. The molecule has 0 bridgehead atoms. The monoisotopic (exact) mass is 292 g/mol. The number of ether oxygens (including phenoxy) is 1. The van der Waals surface area contributed by atoms with Gasteiger partial charge in [0, 0.05) is 5.69 Å². The van der Waals surface area contributed by atoms with E-state index >= 15 is 0 Å². The highest BCUT2D eigenvalue weighted by Crippen LogP contribution is 2.18. The van der Waals surface area contributed by atoms with Crippen LogP contribution >= 0.6 is 0 Å². The predicted octanol–water partition coefficient (Wildman–Crippen LogP) is 3.16. The van der Waals surface area contributed by atoms with Crippen molar-refractivity contribution in [2.75, 3.05) is 5.32 Å². The Bertz CT molecular complexity index is 533. The smallest absolute Gasteiger partial charge is 0.408 e. The molecular formula is C16H24N2O3. The van der Waals surface area contributed by atoms with E-state index < -0.39 is 17.7 Å². The zero-order chi connectivity index (χ0) is 16.2. The molecule has 0 aliphatic rings. The molecule has 2 amide bonds. The quantitative estimate of drug-likeness (QED) is 0.899. The number of aryl methyl sites for hydroxylation is 1. The van der Waals surface area contributed by atoms with E-state index in [0.29, 0.717) is 0 Å². The third kappa shape index (κ3) is 5.45. The second-order valence-electron chi connectivity index (χ2n) is 6.10. The normalized spacial score (nSPS) is 12.5. The number of carbonyl (C=O) groups excluding carboxylic acids is 2. The summed E-state index contributed by atoms with van der Waals surface area (Å²) in [6, 6.07) is 5.01. The van der Waals surface area contributed by atoms with Crippen LogP contribution in [0, 0.1) is 13.8 Å². The fourth-order valence-electron chi connectivity index (χ4n) is 1.68. The van der Waals surface area contributed by atoms with Gasteiger partial charge in [-0.3, -0.25) is 4.79 Å². The Kier molecular flexibility index (Phi) is 5.35. The number of alkyl carbamates (subject to hydrolysis) is 1. The molecule has 0 fully saturated rings. The first-order chi connectivity index (χ1) is 9.60. The summed E-state index contributed by atoms with van der Waals surface area (Å²) in [5.41, 5.74) is 2.27. The minimum Gasteiger partial charge on any atom is -0.444 e. The van der Waals surface area contributed by atoms with Crippen LogP contribution in [0.25, 0.3) is 0 Å². The van der Waals surface area contributed by atoms with Crippen LogP contribution in [0.4, 0.5) is 10.5 Å². The van der Waals surface area contributed by atoms with E-state index in [1.807, 2.05) is 32.0 Å². The zero-order valence-corrected chi connectivity index (χ0v) is 13.5. The van der Waals surface area contributed by atoms with Crippen LogP contribution in [0.3, 0.4) is 0 Å². The van der Waals surface area contributed by atoms with Crippen LogP contribution < -0.4 is 10.6 Å². The Labute approximate surface area is 126 Å². The van der Waals surface area contributed by atoms with E-state index in [1.165, 1.54) is 0 Å². The Balaban J connectivity index is 2.63. The molecule has 2 N–H and O–H groups in total. The Hall–Kier alpha value is -2.04. The Morgan fingerprint density at radius 3 is 2.38 bits per heavy atom. The lowest BCUT2D eigenvalue weighted by molar-refractivity contribution is -0.117. The number of hydrogen-bond donors (Lipinski definition) is 2. The summed E-state index contributed by atoms with van der Waals surface area (Å²) < 4.78 is 5.12. The van der Waals surface area contributed by atoms with E-state index in [1.54, 1.807) is 27.7 Å². The summed E-state index contributed by atoms with van der Waals surface area (Å²) in [4.78, 5) is 23.7. The third-order valence-corrected chi connectivity index (χ3v) is 2.99. The average Bonchev–Trinajstić information content (AvgIpc) is 2.32. The molecule has 0 aliphatic heterocycles. The van der Waals surface area contributed by atoms with Gasteiger partial charge in [0.2, 0.25) is 5.91 Å². The number of nitrogens with one attached hydrogen (secondary N) is 2. The lowest BCUT2D eigenvalue weighted by Gasteiger charge is -2.22. The van der Waals surface area contributed by atoms with Crippen LogP contribution in [0.1, 0.15) is 38.8 Å². The Morgan fingerprint density at radius 2 is 1.81 bits per heavy atom. The molecule has 5 nitrogen and oxygen atoms in total. The molecule has 1 aromatic carbocycles. The van der Waals surface area contributed by atoms with Crippen LogP contribution in [-0.2, 0) is 9.53 Å².